The van der Waals surface area contributed by atoms with Crippen molar-refractivity contribution in [1.29, 1.82) is 0 Å². The summed E-state index contributed by atoms with van der Waals surface area (Å²) in [4.78, 5) is 6.73. The number of aliphatic hydroxyl groups is 1. The smallest absolute Gasteiger partial charge is 0.0951 e. The minimum atomic E-state index is 0.169. The molecule has 2 aromatic rings. The third-order valence-corrected chi connectivity index (χ3v) is 4.19. The predicted octanol–water partition coefficient (Wildman–Crippen LogP) is 2.56. The summed E-state index contributed by atoms with van der Waals surface area (Å²) in [5.74, 6) is 0. The van der Waals surface area contributed by atoms with Gasteiger partial charge in [-0.1, -0.05) is 12.8 Å². The molecule has 1 saturated carbocycles. The molecule has 0 atom stereocenters. The molecular weight excluding hydrogens is 250 g/mol. The number of aromatic nitrogens is 1. The number of aliphatic hydroxyl groups excluding tert-OH is 1. The number of hydrogen-bond donors (Lipinski definition) is 2. The summed E-state index contributed by atoms with van der Waals surface area (Å²) in [6.07, 6.45) is 6.72. The van der Waals surface area contributed by atoms with Gasteiger partial charge in [-0.2, -0.15) is 0 Å². The molecule has 4 nitrogen and oxygen atoms in total. The summed E-state index contributed by atoms with van der Waals surface area (Å²) in [6, 6.07) is 8.51. The van der Waals surface area contributed by atoms with Gasteiger partial charge in [-0.3, -0.25) is 4.98 Å². The fourth-order valence-corrected chi connectivity index (χ4v) is 3.25. The molecule has 0 aliphatic heterocycles. The van der Waals surface area contributed by atoms with E-state index >= 15 is 0 Å². The first-order valence-corrected chi connectivity index (χ1v) is 7.32. The van der Waals surface area contributed by atoms with Crippen molar-refractivity contribution >= 4 is 22.3 Å². The van der Waals surface area contributed by atoms with E-state index in [9.17, 15) is 5.11 Å². The van der Waals surface area contributed by atoms with Gasteiger partial charge in [-0.05, 0) is 37.1 Å². The molecule has 0 amide bonds. The average molecular weight is 271 g/mol. The number of fused-ring (bicyclic) bond motifs is 1. The van der Waals surface area contributed by atoms with Crippen LogP contribution in [0.3, 0.4) is 0 Å². The number of hydrogen-bond acceptors (Lipinski definition) is 4. The quantitative estimate of drug-likeness (QED) is 0.839. The maximum Gasteiger partial charge on any atom is 0.0951 e. The lowest BCUT2D eigenvalue weighted by atomic mass is 10.1. The Morgan fingerprint density at radius 1 is 1.25 bits per heavy atom. The first-order chi connectivity index (χ1) is 9.81. The molecule has 4 heteroatoms. The fraction of sp³-hybridized carbons (Fsp3) is 0.438. The molecule has 0 saturated heterocycles. The van der Waals surface area contributed by atoms with E-state index in [-0.39, 0.29) is 6.61 Å². The maximum atomic E-state index is 9.40. The molecule has 1 aliphatic rings. The summed E-state index contributed by atoms with van der Waals surface area (Å²) in [5.41, 5.74) is 8.72. The van der Waals surface area contributed by atoms with Gasteiger partial charge in [0.2, 0.25) is 0 Å². The Kier molecular flexibility index (Phi) is 3.74. The number of pyridine rings is 1. The van der Waals surface area contributed by atoms with Crippen LogP contribution in [-0.2, 0) is 0 Å². The van der Waals surface area contributed by atoms with Crippen LogP contribution in [0.15, 0.2) is 30.5 Å². The van der Waals surface area contributed by atoms with Crippen LogP contribution in [0.25, 0.3) is 10.9 Å². The van der Waals surface area contributed by atoms with E-state index in [0.717, 1.165) is 16.6 Å². The van der Waals surface area contributed by atoms with E-state index in [0.29, 0.717) is 18.3 Å². The zero-order valence-electron chi connectivity index (χ0n) is 11.6. The second-order valence-corrected chi connectivity index (χ2v) is 5.43. The highest BCUT2D eigenvalue weighted by Gasteiger charge is 2.24. The molecule has 1 fully saturated rings. The third-order valence-electron chi connectivity index (χ3n) is 4.19. The van der Waals surface area contributed by atoms with Crippen LogP contribution in [-0.4, -0.2) is 29.3 Å². The van der Waals surface area contributed by atoms with Gasteiger partial charge in [-0.15, -0.1) is 0 Å². The normalized spacial score (nSPS) is 15.8. The Labute approximate surface area is 119 Å². The number of rotatable bonds is 4. The molecule has 106 valence electrons. The van der Waals surface area contributed by atoms with Gasteiger partial charge in [0, 0.05) is 29.9 Å². The molecule has 0 bridgehead atoms. The summed E-state index contributed by atoms with van der Waals surface area (Å²) < 4.78 is 0. The highest BCUT2D eigenvalue weighted by molar-refractivity contribution is 5.98. The van der Waals surface area contributed by atoms with Crippen molar-refractivity contribution in [2.24, 2.45) is 0 Å². The van der Waals surface area contributed by atoms with Gasteiger partial charge in [0.05, 0.1) is 17.8 Å². The van der Waals surface area contributed by atoms with Crippen molar-refractivity contribution in [2.75, 3.05) is 23.8 Å². The van der Waals surface area contributed by atoms with Gasteiger partial charge >= 0.3 is 0 Å². The predicted molar refractivity (Wildman–Crippen MR) is 82.8 cm³/mol. The highest BCUT2D eigenvalue weighted by atomic mass is 16.3. The molecule has 1 heterocycles. The molecule has 1 aromatic heterocycles. The molecule has 20 heavy (non-hydrogen) atoms. The molecule has 0 unspecified atom stereocenters. The minimum absolute atomic E-state index is 0.169. The number of nitrogen functional groups attached to an aromatic ring is 1. The van der Waals surface area contributed by atoms with E-state index in [1.807, 2.05) is 12.1 Å². The Balaban J connectivity index is 2.08. The van der Waals surface area contributed by atoms with Gasteiger partial charge in [-0.25, -0.2) is 0 Å². The Morgan fingerprint density at radius 3 is 2.80 bits per heavy atom. The van der Waals surface area contributed by atoms with Crippen molar-refractivity contribution in [3.05, 3.63) is 30.5 Å². The number of benzene rings is 1. The lowest BCUT2D eigenvalue weighted by Gasteiger charge is -2.31. The first kappa shape index (κ1) is 13.2. The summed E-state index contributed by atoms with van der Waals surface area (Å²) >= 11 is 0. The molecule has 0 radical (unpaired) electrons. The van der Waals surface area contributed by atoms with E-state index in [1.165, 1.54) is 25.7 Å². The summed E-state index contributed by atoms with van der Waals surface area (Å²) in [6.45, 7) is 0.835. The van der Waals surface area contributed by atoms with Crippen molar-refractivity contribution < 1.29 is 5.11 Å². The zero-order chi connectivity index (χ0) is 13.9. The van der Waals surface area contributed by atoms with Crippen LogP contribution in [0, 0.1) is 0 Å². The highest BCUT2D eigenvalue weighted by Crippen LogP contribution is 2.34. The Bertz CT molecular complexity index is 593. The monoisotopic (exact) mass is 271 g/mol. The van der Waals surface area contributed by atoms with Crippen LogP contribution in [0.4, 0.5) is 11.4 Å². The first-order valence-electron chi connectivity index (χ1n) is 7.32. The molecule has 1 aliphatic carbocycles. The standard InChI is InChI=1S/C16H21N3O/c17-14-7-8-15(13-6-3-9-18-16(13)14)19(10-11-20)12-4-1-2-5-12/h3,6-9,12,20H,1-2,4-5,10-11,17H2. The summed E-state index contributed by atoms with van der Waals surface area (Å²) in [7, 11) is 0. The maximum absolute atomic E-state index is 9.40. The van der Waals surface area contributed by atoms with Crippen LogP contribution in [0.2, 0.25) is 0 Å². The second-order valence-electron chi connectivity index (χ2n) is 5.43. The van der Waals surface area contributed by atoms with Gasteiger partial charge in [0.15, 0.2) is 0 Å². The number of nitrogens with zero attached hydrogens (tertiary/aromatic N) is 2. The van der Waals surface area contributed by atoms with Crippen LogP contribution >= 0.6 is 0 Å². The van der Waals surface area contributed by atoms with Gasteiger partial charge in [0.25, 0.3) is 0 Å². The number of nitrogens with two attached hydrogens (primary N) is 1. The van der Waals surface area contributed by atoms with Crippen LogP contribution in [0.5, 0.6) is 0 Å². The molecule has 3 N–H and O–H groups in total. The third kappa shape index (κ3) is 2.31. The van der Waals surface area contributed by atoms with Crippen LogP contribution < -0.4 is 10.6 Å². The van der Waals surface area contributed by atoms with Crippen molar-refractivity contribution in [2.45, 2.75) is 31.7 Å². The Morgan fingerprint density at radius 2 is 2.05 bits per heavy atom. The van der Waals surface area contributed by atoms with Crippen molar-refractivity contribution in [3.63, 3.8) is 0 Å². The lowest BCUT2D eigenvalue weighted by molar-refractivity contribution is 0.297. The second kappa shape index (κ2) is 5.67. The number of anilines is 2. The van der Waals surface area contributed by atoms with Crippen molar-refractivity contribution in [1.82, 2.24) is 4.98 Å². The average Bonchev–Trinajstić information content (AvgIpc) is 3.00. The largest absolute Gasteiger partial charge is 0.397 e. The lowest BCUT2D eigenvalue weighted by Crippen LogP contribution is -2.35. The van der Waals surface area contributed by atoms with E-state index < -0.39 is 0 Å². The fourth-order valence-electron chi connectivity index (χ4n) is 3.25. The van der Waals surface area contributed by atoms with E-state index in [1.54, 1.807) is 6.20 Å². The zero-order valence-corrected chi connectivity index (χ0v) is 11.6. The Hall–Kier alpha value is -1.81. The van der Waals surface area contributed by atoms with Crippen LogP contribution in [0.1, 0.15) is 25.7 Å². The molecule has 1 aromatic carbocycles. The summed E-state index contributed by atoms with van der Waals surface area (Å²) in [5, 5.41) is 10.5. The molecule has 3 rings (SSSR count). The van der Waals surface area contributed by atoms with Gasteiger partial charge < -0.3 is 15.7 Å². The van der Waals surface area contributed by atoms with E-state index in [4.69, 9.17) is 5.73 Å². The minimum Gasteiger partial charge on any atom is -0.397 e. The topological polar surface area (TPSA) is 62.4 Å². The SMILES string of the molecule is Nc1ccc(N(CCO)C2CCCC2)c2cccnc12. The van der Waals surface area contributed by atoms with E-state index in [2.05, 4.69) is 22.0 Å². The molecular formula is C16H21N3O. The van der Waals surface area contributed by atoms with Crippen molar-refractivity contribution in [3.8, 4) is 0 Å². The molecule has 0 spiro atoms. The van der Waals surface area contributed by atoms with Gasteiger partial charge in [0.1, 0.15) is 0 Å².